The summed E-state index contributed by atoms with van der Waals surface area (Å²) in [7, 11) is 1.28. The molecule has 16 heavy (non-hydrogen) atoms. The van der Waals surface area contributed by atoms with Crippen molar-refractivity contribution >= 4 is 29.0 Å². The number of alkyl halides is 1. The van der Waals surface area contributed by atoms with Crippen LogP contribution in [0, 0.1) is 0 Å². The van der Waals surface area contributed by atoms with Gasteiger partial charge >= 0.3 is 5.97 Å². The van der Waals surface area contributed by atoms with Crippen molar-refractivity contribution in [3.05, 3.63) is 29.3 Å². The zero-order valence-electron chi connectivity index (χ0n) is 8.99. The van der Waals surface area contributed by atoms with E-state index in [4.69, 9.17) is 17.3 Å². The lowest BCUT2D eigenvalue weighted by Gasteiger charge is -2.07. The Balaban J connectivity index is 3.10. The van der Waals surface area contributed by atoms with Gasteiger partial charge in [0.2, 0.25) is 0 Å². The topological polar surface area (TPSA) is 69.4 Å². The highest BCUT2D eigenvalue weighted by atomic mass is 35.5. The number of ketones is 1. The Bertz CT molecular complexity index is 429. The highest BCUT2D eigenvalue weighted by Gasteiger charge is 2.16. The van der Waals surface area contributed by atoms with E-state index in [2.05, 4.69) is 4.74 Å². The van der Waals surface area contributed by atoms with Gasteiger partial charge in [0.25, 0.3) is 0 Å². The summed E-state index contributed by atoms with van der Waals surface area (Å²) in [6.07, 6.45) is 0. The van der Waals surface area contributed by atoms with Crippen molar-refractivity contribution in [2.75, 3.05) is 12.8 Å². The first kappa shape index (κ1) is 12.5. The SMILES string of the molecule is COC(=O)c1ccc(C(=O)C(C)Cl)c(N)c1. The van der Waals surface area contributed by atoms with Gasteiger partial charge in [-0.15, -0.1) is 11.6 Å². The van der Waals surface area contributed by atoms with E-state index in [1.807, 2.05) is 0 Å². The lowest BCUT2D eigenvalue weighted by molar-refractivity contribution is 0.0600. The smallest absolute Gasteiger partial charge is 0.337 e. The fourth-order valence-corrected chi connectivity index (χ4v) is 1.36. The quantitative estimate of drug-likeness (QED) is 0.380. The molecule has 0 aliphatic carbocycles. The zero-order valence-corrected chi connectivity index (χ0v) is 9.75. The number of hydrogen-bond acceptors (Lipinski definition) is 4. The van der Waals surface area contributed by atoms with Crippen molar-refractivity contribution in [1.29, 1.82) is 0 Å². The Morgan fingerprint density at radius 3 is 2.50 bits per heavy atom. The summed E-state index contributed by atoms with van der Waals surface area (Å²) in [6, 6.07) is 4.36. The highest BCUT2D eigenvalue weighted by Crippen LogP contribution is 2.18. The molecule has 1 aromatic rings. The van der Waals surface area contributed by atoms with Gasteiger partial charge in [0, 0.05) is 11.3 Å². The predicted octanol–water partition coefficient (Wildman–Crippen LogP) is 1.87. The van der Waals surface area contributed by atoms with E-state index in [1.165, 1.54) is 25.3 Å². The van der Waals surface area contributed by atoms with Crippen LogP contribution in [0.4, 0.5) is 5.69 Å². The molecule has 2 N–H and O–H groups in total. The van der Waals surface area contributed by atoms with E-state index in [-0.39, 0.29) is 11.5 Å². The molecule has 0 saturated carbocycles. The van der Waals surface area contributed by atoms with Crippen LogP contribution in [-0.2, 0) is 4.74 Å². The molecule has 0 spiro atoms. The van der Waals surface area contributed by atoms with E-state index >= 15 is 0 Å². The Kier molecular flexibility index (Phi) is 3.90. The molecule has 0 aromatic heterocycles. The molecular weight excluding hydrogens is 230 g/mol. The summed E-state index contributed by atoms with van der Waals surface area (Å²) < 4.78 is 4.53. The minimum Gasteiger partial charge on any atom is -0.465 e. The molecule has 1 unspecified atom stereocenters. The molecule has 0 heterocycles. The lowest BCUT2D eigenvalue weighted by Crippen LogP contribution is -2.13. The maximum atomic E-state index is 11.6. The first-order chi connectivity index (χ1) is 7.47. The van der Waals surface area contributed by atoms with Crippen LogP contribution in [0.15, 0.2) is 18.2 Å². The van der Waals surface area contributed by atoms with Crippen LogP contribution in [0.25, 0.3) is 0 Å². The third-order valence-corrected chi connectivity index (χ3v) is 2.30. The van der Waals surface area contributed by atoms with Crippen LogP contribution >= 0.6 is 11.6 Å². The number of nitrogen functional groups attached to an aromatic ring is 1. The molecule has 5 heteroatoms. The number of nitrogens with two attached hydrogens (primary N) is 1. The van der Waals surface area contributed by atoms with Gasteiger partial charge in [-0.05, 0) is 25.1 Å². The summed E-state index contributed by atoms with van der Waals surface area (Å²) in [5.41, 5.74) is 6.51. The lowest BCUT2D eigenvalue weighted by atomic mass is 10.0. The molecule has 0 saturated heterocycles. The molecule has 1 rings (SSSR count). The predicted molar refractivity (Wildman–Crippen MR) is 61.8 cm³/mol. The first-order valence-corrected chi connectivity index (χ1v) is 5.07. The molecule has 0 fully saturated rings. The molecule has 4 nitrogen and oxygen atoms in total. The summed E-state index contributed by atoms with van der Waals surface area (Å²) >= 11 is 5.67. The molecule has 0 aliphatic rings. The summed E-state index contributed by atoms with van der Waals surface area (Å²) in [4.78, 5) is 22.8. The summed E-state index contributed by atoms with van der Waals surface area (Å²) in [5.74, 6) is -0.764. The van der Waals surface area contributed by atoms with E-state index in [9.17, 15) is 9.59 Å². The molecule has 1 aromatic carbocycles. The number of carbonyl (C=O) groups excluding carboxylic acids is 2. The molecule has 0 aliphatic heterocycles. The zero-order chi connectivity index (χ0) is 12.3. The monoisotopic (exact) mass is 241 g/mol. The minimum absolute atomic E-state index is 0.223. The fraction of sp³-hybridized carbons (Fsp3) is 0.273. The average Bonchev–Trinajstić information content (AvgIpc) is 2.26. The van der Waals surface area contributed by atoms with Crippen LogP contribution in [-0.4, -0.2) is 24.2 Å². The number of Topliss-reactive ketones (excluding diaryl/α,β-unsaturated/α-hetero) is 1. The number of halogens is 1. The van der Waals surface area contributed by atoms with Gasteiger partial charge in [0.15, 0.2) is 5.78 Å². The maximum Gasteiger partial charge on any atom is 0.337 e. The highest BCUT2D eigenvalue weighted by molar-refractivity contribution is 6.34. The van der Waals surface area contributed by atoms with Crippen molar-refractivity contribution < 1.29 is 14.3 Å². The van der Waals surface area contributed by atoms with E-state index in [0.717, 1.165) is 0 Å². The van der Waals surface area contributed by atoms with Gasteiger partial charge < -0.3 is 10.5 Å². The second kappa shape index (κ2) is 4.99. The Morgan fingerprint density at radius 2 is 2.06 bits per heavy atom. The summed E-state index contributed by atoms with van der Waals surface area (Å²) in [6.45, 7) is 1.57. The second-order valence-corrected chi connectivity index (χ2v) is 3.93. The number of benzene rings is 1. The number of rotatable bonds is 3. The number of methoxy groups -OCH3 is 1. The van der Waals surface area contributed by atoms with Gasteiger partial charge in [-0.3, -0.25) is 4.79 Å². The second-order valence-electron chi connectivity index (χ2n) is 3.27. The number of anilines is 1. The third kappa shape index (κ3) is 2.52. The van der Waals surface area contributed by atoms with Crippen LogP contribution in [0.1, 0.15) is 27.6 Å². The largest absolute Gasteiger partial charge is 0.465 e. The number of esters is 1. The molecule has 1 atom stereocenters. The van der Waals surface area contributed by atoms with Gasteiger partial charge in [-0.2, -0.15) is 0 Å². The van der Waals surface area contributed by atoms with Gasteiger partial charge in [-0.25, -0.2) is 4.79 Å². The average molecular weight is 242 g/mol. The van der Waals surface area contributed by atoms with Crippen LogP contribution in [0.5, 0.6) is 0 Å². The number of carbonyl (C=O) groups is 2. The van der Waals surface area contributed by atoms with E-state index in [0.29, 0.717) is 11.1 Å². The maximum absolute atomic E-state index is 11.6. The Morgan fingerprint density at radius 1 is 1.44 bits per heavy atom. The van der Waals surface area contributed by atoms with Crippen molar-refractivity contribution in [2.45, 2.75) is 12.3 Å². The normalized spacial score (nSPS) is 11.9. The summed E-state index contributed by atoms with van der Waals surface area (Å²) in [5, 5.41) is -0.647. The minimum atomic E-state index is -0.647. The Labute approximate surface area is 98.3 Å². The first-order valence-electron chi connectivity index (χ1n) is 4.63. The number of hydrogen-bond donors (Lipinski definition) is 1. The van der Waals surface area contributed by atoms with Crippen molar-refractivity contribution in [3.8, 4) is 0 Å². The van der Waals surface area contributed by atoms with Crippen LogP contribution in [0.3, 0.4) is 0 Å². The van der Waals surface area contributed by atoms with Gasteiger partial charge in [0.1, 0.15) is 0 Å². The standard InChI is InChI=1S/C11H12ClNO3/c1-6(12)10(14)8-4-3-7(5-9(8)13)11(15)16-2/h3-6H,13H2,1-2H3. The third-order valence-electron chi connectivity index (χ3n) is 2.10. The molecule has 86 valence electrons. The Hall–Kier alpha value is -1.55. The van der Waals surface area contributed by atoms with E-state index < -0.39 is 11.3 Å². The van der Waals surface area contributed by atoms with Gasteiger partial charge in [0.05, 0.1) is 18.1 Å². The van der Waals surface area contributed by atoms with Crippen molar-refractivity contribution in [2.24, 2.45) is 0 Å². The number of ether oxygens (including phenoxy) is 1. The van der Waals surface area contributed by atoms with Crippen LogP contribution < -0.4 is 5.73 Å². The molecule has 0 amide bonds. The van der Waals surface area contributed by atoms with Crippen molar-refractivity contribution in [3.63, 3.8) is 0 Å². The molecular formula is C11H12ClNO3. The fourth-order valence-electron chi connectivity index (χ4n) is 1.25. The molecule has 0 radical (unpaired) electrons. The van der Waals surface area contributed by atoms with Crippen molar-refractivity contribution in [1.82, 2.24) is 0 Å². The van der Waals surface area contributed by atoms with Crippen LogP contribution in [0.2, 0.25) is 0 Å². The molecule has 0 bridgehead atoms. The van der Waals surface area contributed by atoms with Gasteiger partial charge in [-0.1, -0.05) is 0 Å². The van der Waals surface area contributed by atoms with E-state index in [1.54, 1.807) is 6.92 Å².